The van der Waals surface area contributed by atoms with E-state index in [4.69, 9.17) is 4.74 Å². The van der Waals surface area contributed by atoms with Gasteiger partial charge in [0.15, 0.2) is 5.82 Å². The Labute approximate surface area is 91.1 Å². The molecule has 1 aromatic rings. The van der Waals surface area contributed by atoms with Crippen LogP contribution in [0.4, 0.5) is 0 Å². The lowest BCUT2D eigenvalue weighted by atomic mass is 10.0. The maximum atomic E-state index is 5.43. The van der Waals surface area contributed by atoms with Gasteiger partial charge in [-0.3, -0.25) is 0 Å². The molecule has 0 aliphatic carbocycles. The molecule has 0 aliphatic heterocycles. The minimum Gasteiger partial charge on any atom is -0.371 e. The van der Waals surface area contributed by atoms with Crippen molar-refractivity contribution in [3.8, 4) is 0 Å². The number of rotatable bonds is 5. The first kappa shape index (κ1) is 12.1. The molecule has 0 radical (unpaired) electrons. The molecule has 0 fully saturated rings. The molecule has 0 bridgehead atoms. The van der Waals surface area contributed by atoms with Crippen molar-refractivity contribution in [3.05, 3.63) is 23.8 Å². The number of ether oxygens (including phenoxy) is 1. The molecule has 1 atom stereocenters. The molecule has 0 spiro atoms. The van der Waals surface area contributed by atoms with Crippen LogP contribution in [0.1, 0.15) is 31.7 Å². The lowest BCUT2D eigenvalue weighted by Crippen LogP contribution is -2.26. The predicted octanol–water partition coefficient (Wildman–Crippen LogP) is 1.47. The third kappa shape index (κ3) is 2.73. The van der Waals surface area contributed by atoms with Crippen molar-refractivity contribution in [2.75, 3.05) is 14.2 Å². The van der Waals surface area contributed by atoms with E-state index in [2.05, 4.69) is 22.2 Å². The molecule has 0 aromatic carbocycles. The van der Waals surface area contributed by atoms with Crippen molar-refractivity contribution >= 4 is 0 Å². The summed E-state index contributed by atoms with van der Waals surface area (Å²) in [4.78, 5) is 8.67. The molecule has 4 heteroatoms. The molecule has 0 amide bonds. The quantitative estimate of drug-likeness (QED) is 0.797. The number of nitrogens with zero attached hydrogens (tertiary/aromatic N) is 2. The van der Waals surface area contributed by atoms with Crippen molar-refractivity contribution in [1.29, 1.82) is 0 Å². The standard InChI is InChI=1S/C11H19N3O/c1-5-11(2,15-4)10-13-7-9(6-12-3)8-14-10/h7-8,12H,5-6H2,1-4H3. The van der Waals surface area contributed by atoms with Gasteiger partial charge in [-0.05, 0) is 20.4 Å². The highest BCUT2D eigenvalue weighted by atomic mass is 16.5. The van der Waals surface area contributed by atoms with Crippen LogP contribution in [0.25, 0.3) is 0 Å². The van der Waals surface area contributed by atoms with E-state index in [0.29, 0.717) is 0 Å². The van der Waals surface area contributed by atoms with E-state index in [1.165, 1.54) is 0 Å². The fourth-order valence-electron chi connectivity index (χ4n) is 1.32. The van der Waals surface area contributed by atoms with Crippen molar-refractivity contribution < 1.29 is 4.74 Å². The zero-order valence-electron chi connectivity index (χ0n) is 9.87. The van der Waals surface area contributed by atoms with Crippen LogP contribution in [-0.2, 0) is 16.9 Å². The Balaban J connectivity index is 2.87. The van der Waals surface area contributed by atoms with Gasteiger partial charge in [-0.25, -0.2) is 9.97 Å². The molecule has 0 aliphatic rings. The second-order valence-electron chi connectivity index (χ2n) is 3.73. The Bertz CT molecular complexity index is 293. The highest BCUT2D eigenvalue weighted by molar-refractivity contribution is 5.08. The van der Waals surface area contributed by atoms with Gasteiger partial charge in [0.05, 0.1) is 0 Å². The van der Waals surface area contributed by atoms with Crippen LogP contribution >= 0.6 is 0 Å². The summed E-state index contributed by atoms with van der Waals surface area (Å²) in [6.45, 7) is 4.85. The summed E-state index contributed by atoms with van der Waals surface area (Å²) in [6.07, 6.45) is 4.53. The van der Waals surface area contributed by atoms with Gasteiger partial charge in [-0.15, -0.1) is 0 Å². The predicted molar refractivity (Wildman–Crippen MR) is 59.4 cm³/mol. The Morgan fingerprint density at radius 1 is 1.40 bits per heavy atom. The lowest BCUT2D eigenvalue weighted by Gasteiger charge is -2.24. The van der Waals surface area contributed by atoms with Crippen LogP contribution in [0.5, 0.6) is 0 Å². The second-order valence-corrected chi connectivity index (χ2v) is 3.73. The zero-order valence-corrected chi connectivity index (χ0v) is 9.87. The van der Waals surface area contributed by atoms with E-state index in [1.807, 2.05) is 26.4 Å². The van der Waals surface area contributed by atoms with Gasteiger partial charge >= 0.3 is 0 Å². The molecular formula is C11H19N3O. The Morgan fingerprint density at radius 2 is 2.00 bits per heavy atom. The van der Waals surface area contributed by atoms with Crippen molar-refractivity contribution in [2.24, 2.45) is 0 Å². The lowest BCUT2D eigenvalue weighted by molar-refractivity contribution is -0.00903. The summed E-state index contributed by atoms with van der Waals surface area (Å²) in [7, 11) is 3.59. The first-order chi connectivity index (χ1) is 7.16. The normalized spacial score (nSPS) is 14.9. The molecular weight excluding hydrogens is 190 g/mol. The van der Waals surface area contributed by atoms with E-state index in [9.17, 15) is 0 Å². The van der Waals surface area contributed by atoms with E-state index in [1.54, 1.807) is 7.11 Å². The molecule has 1 N–H and O–H groups in total. The highest BCUT2D eigenvalue weighted by Crippen LogP contribution is 2.24. The number of methoxy groups -OCH3 is 1. The maximum absolute atomic E-state index is 5.43. The summed E-state index contributed by atoms with van der Waals surface area (Å²) >= 11 is 0. The number of aromatic nitrogens is 2. The summed E-state index contributed by atoms with van der Waals surface area (Å²) in [5.74, 6) is 0.743. The van der Waals surface area contributed by atoms with Gasteiger partial charge in [0, 0.05) is 31.6 Å². The molecule has 0 saturated carbocycles. The minimum atomic E-state index is -0.377. The summed E-state index contributed by atoms with van der Waals surface area (Å²) in [6, 6.07) is 0. The van der Waals surface area contributed by atoms with Crippen molar-refractivity contribution in [2.45, 2.75) is 32.4 Å². The average molecular weight is 209 g/mol. The number of nitrogens with one attached hydrogen (secondary N) is 1. The largest absolute Gasteiger partial charge is 0.371 e. The smallest absolute Gasteiger partial charge is 0.159 e. The molecule has 0 saturated heterocycles. The van der Waals surface area contributed by atoms with E-state index < -0.39 is 0 Å². The van der Waals surface area contributed by atoms with Gasteiger partial charge in [-0.1, -0.05) is 6.92 Å². The number of hydrogen-bond acceptors (Lipinski definition) is 4. The van der Waals surface area contributed by atoms with Gasteiger partial charge in [0.1, 0.15) is 5.60 Å². The molecule has 15 heavy (non-hydrogen) atoms. The molecule has 1 rings (SSSR count). The number of hydrogen-bond donors (Lipinski definition) is 1. The van der Waals surface area contributed by atoms with E-state index >= 15 is 0 Å². The Morgan fingerprint density at radius 3 is 2.40 bits per heavy atom. The van der Waals surface area contributed by atoms with Crippen LogP contribution in [0.3, 0.4) is 0 Å². The zero-order chi connectivity index (χ0) is 11.3. The van der Waals surface area contributed by atoms with Gasteiger partial charge in [0.25, 0.3) is 0 Å². The summed E-state index contributed by atoms with van der Waals surface area (Å²) in [5.41, 5.74) is 0.703. The summed E-state index contributed by atoms with van der Waals surface area (Å²) in [5, 5.41) is 3.06. The molecule has 1 heterocycles. The van der Waals surface area contributed by atoms with Crippen molar-refractivity contribution in [1.82, 2.24) is 15.3 Å². The minimum absolute atomic E-state index is 0.377. The summed E-state index contributed by atoms with van der Waals surface area (Å²) < 4.78 is 5.43. The third-order valence-electron chi connectivity index (χ3n) is 2.68. The van der Waals surface area contributed by atoms with Crippen LogP contribution in [0.2, 0.25) is 0 Å². The van der Waals surface area contributed by atoms with Gasteiger partial charge < -0.3 is 10.1 Å². The van der Waals surface area contributed by atoms with E-state index in [-0.39, 0.29) is 5.60 Å². The first-order valence-electron chi connectivity index (χ1n) is 5.17. The SMILES string of the molecule is CCC(C)(OC)c1ncc(CNC)cn1. The van der Waals surface area contributed by atoms with Crippen molar-refractivity contribution in [3.63, 3.8) is 0 Å². The topological polar surface area (TPSA) is 47.0 Å². The third-order valence-corrected chi connectivity index (χ3v) is 2.68. The Kier molecular flexibility index (Phi) is 4.17. The van der Waals surface area contributed by atoms with E-state index in [0.717, 1.165) is 24.4 Å². The Hall–Kier alpha value is -1.00. The van der Waals surface area contributed by atoms with Gasteiger partial charge in [-0.2, -0.15) is 0 Å². The fraction of sp³-hybridized carbons (Fsp3) is 0.636. The molecule has 84 valence electrons. The van der Waals surface area contributed by atoms with Crippen LogP contribution in [-0.4, -0.2) is 24.1 Å². The average Bonchev–Trinajstić information content (AvgIpc) is 2.29. The monoisotopic (exact) mass is 209 g/mol. The highest BCUT2D eigenvalue weighted by Gasteiger charge is 2.26. The molecule has 1 aromatic heterocycles. The van der Waals surface area contributed by atoms with Crippen LogP contribution < -0.4 is 5.32 Å². The maximum Gasteiger partial charge on any atom is 0.159 e. The van der Waals surface area contributed by atoms with Crippen LogP contribution in [0, 0.1) is 0 Å². The fourth-order valence-corrected chi connectivity index (χ4v) is 1.32. The van der Waals surface area contributed by atoms with Gasteiger partial charge in [0.2, 0.25) is 0 Å². The molecule has 4 nitrogen and oxygen atoms in total. The molecule has 1 unspecified atom stereocenters. The first-order valence-corrected chi connectivity index (χ1v) is 5.17. The second kappa shape index (κ2) is 5.19. The van der Waals surface area contributed by atoms with Crippen LogP contribution in [0.15, 0.2) is 12.4 Å².